The van der Waals surface area contributed by atoms with Crippen molar-refractivity contribution in [2.75, 3.05) is 39.3 Å². The van der Waals surface area contributed by atoms with E-state index in [0.717, 1.165) is 18.4 Å². The molecule has 0 aliphatic carbocycles. The van der Waals surface area contributed by atoms with Gasteiger partial charge >= 0.3 is 5.69 Å². The molecule has 0 bridgehead atoms. The second-order valence-corrected chi connectivity index (χ2v) is 5.65. The highest BCUT2D eigenvalue weighted by atomic mass is 16.6. The Morgan fingerprint density at radius 1 is 1.33 bits per heavy atom. The highest BCUT2D eigenvalue weighted by Gasteiger charge is 2.16. The first kappa shape index (κ1) is 15.7. The smallest absolute Gasteiger partial charge is 0.311 e. The Bertz CT molecular complexity index is 473. The first-order valence-corrected chi connectivity index (χ1v) is 7.70. The van der Waals surface area contributed by atoms with Crippen molar-refractivity contribution < 1.29 is 19.9 Å². The van der Waals surface area contributed by atoms with Gasteiger partial charge in [0.15, 0.2) is 5.75 Å². The summed E-state index contributed by atoms with van der Waals surface area (Å²) < 4.78 is 5.59. The molecule has 0 radical (unpaired) electrons. The standard InChI is InChI=1S/C15H23N3O3/c1-13-4-5-15(14(12-13)18(19)20)21-11-3-2-8-17-9-6-16-7-10-17/h4-5,12,16H,2-3,6-11H2,1H3/p+2. The van der Waals surface area contributed by atoms with Gasteiger partial charge < -0.3 is 15.0 Å². The summed E-state index contributed by atoms with van der Waals surface area (Å²) in [6.07, 6.45) is 2.05. The summed E-state index contributed by atoms with van der Waals surface area (Å²) in [5, 5.41) is 13.4. The summed E-state index contributed by atoms with van der Waals surface area (Å²) in [5.74, 6) is 0.380. The average molecular weight is 295 g/mol. The summed E-state index contributed by atoms with van der Waals surface area (Å²) in [6, 6.07) is 5.10. The third-order valence-electron chi connectivity index (χ3n) is 3.90. The molecular formula is C15H25N3O3+2. The molecule has 1 heterocycles. The van der Waals surface area contributed by atoms with Gasteiger partial charge in [-0.05, 0) is 31.4 Å². The fourth-order valence-electron chi connectivity index (χ4n) is 2.68. The van der Waals surface area contributed by atoms with E-state index in [4.69, 9.17) is 4.74 Å². The van der Waals surface area contributed by atoms with Gasteiger partial charge in [-0.3, -0.25) is 10.1 Å². The molecule has 0 atom stereocenters. The first-order chi connectivity index (χ1) is 10.2. The van der Waals surface area contributed by atoms with Crippen molar-refractivity contribution in [3.63, 3.8) is 0 Å². The number of hydrogen-bond donors (Lipinski definition) is 2. The number of rotatable bonds is 7. The van der Waals surface area contributed by atoms with E-state index in [1.54, 1.807) is 17.0 Å². The van der Waals surface area contributed by atoms with Gasteiger partial charge in [-0.2, -0.15) is 0 Å². The fraction of sp³-hybridized carbons (Fsp3) is 0.600. The molecule has 0 amide bonds. The molecule has 1 aromatic rings. The van der Waals surface area contributed by atoms with Crippen LogP contribution in [0.25, 0.3) is 0 Å². The lowest BCUT2D eigenvalue weighted by Gasteiger charge is -2.21. The van der Waals surface area contributed by atoms with Crippen LogP contribution < -0.4 is 15.0 Å². The number of nitrogens with one attached hydrogen (secondary N) is 1. The van der Waals surface area contributed by atoms with Crippen LogP contribution in [0.2, 0.25) is 0 Å². The predicted molar refractivity (Wildman–Crippen MR) is 79.8 cm³/mol. The largest absolute Gasteiger partial charge is 0.487 e. The molecule has 6 heteroatoms. The summed E-state index contributed by atoms with van der Waals surface area (Å²) in [5.41, 5.74) is 0.937. The molecule has 0 saturated carbocycles. The molecule has 1 fully saturated rings. The van der Waals surface area contributed by atoms with E-state index in [-0.39, 0.29) is 10.6 Å². The molecule has 116 valence electrons. The topological polar surface area (TPSA) is 73.4 Å². The molecule has 1 aromatic carbocycles. The van der Waals surface area contributed by atoms with Gasteiger partial charge in [-0.15, -0.1) is 0 Å². The van der Waals surface area contributed by atoms with Crippen molar-refractivity contribution in [1.82, 2.24) is 0 Å². The lowest BCUT2D eigenvalue weighted by atomic mass is 10.2. The van der Waals surface area contributed by atoms with E-state index in [2.05, 4.69) is 5.32 Å². The van der Waals surface area contributed by atoms with E-state index in [1.807, 2.05) is 13.0 Å². The van der Waals surface area contributed by atoms with Crippen LogP contribution >= 0.6 is 0 Å². The normalized spacial score (nSPS) is 15.9. The molecule has 1 aliphatic heterocycles. The molecule has 2 rings (SSSR count). The molecule has 3 N–H and O–H groups in total. The van der Waals surface area contributed by atoms with Crippen molar-refractivity contribution in [2.45, 2.75) is 19.8 Å². The Kier molecular flexibility index (Phi) is 5.95. The van der Waals surface area contributed by atoms with E-state index >= 15 is 0 Å². The van der Waals surface area contributed by atoms with E-state index in [0.29, 0.717) is 12.4 Å². The molecular weight excluding hydrogens is 270 g/mol. The van der Waals surface area contributed by atoms with Crippen LogP contribution in [0.5, 0.6) is 5.75 Å². The molecule has 0 unspecified atom stereocenters. The highest BCUT2D eigenvalue weighted by Crippen LogP contribution is 2.27. The third kappa shape index (κ3) is 4.99. The molecule has 1 aliphatic rings. The van der Waals surface area contributed by atoms with Gasteiger partial charge in [0.05, 0.1) is 18.1 Å². The molecule has 21 heavy (non-hydrogen) atoms. The number of nitrogens with zero attached hydrogens (tertiary/aromatic N) is 1. The Balaban J connectivity index is 1.72. The van der Waals surface area contributed by atoms with Crippen molar-refractivity contribution in [1.29, 1.82) is 0 Å². The van der Waals surface area contributed by atoms with Crippen LogP contribution in [0.4, 0.5) is 5.69 Å². The number of ether oxygens (including phenoxy) is 1. The lowest BCUT2D eigenvalue weighted by molar-refractivity contribution is -0.946. The number of unbranched alkanes of at least 4 members (excludes halogenated alkanes) is 1. The quantitative estimate of drug-likeness (QED) is 0.405. The monoisotopic (exact) mass is 295 g/mol. The minimum absolute atomic E-state index is 0.0622. The van der Waals surface area contributed by atoms with Gasteiger partial charge in [0.1, 0.15) is 26.2 Å². The number of nitro benzene ring substituents is 1. The summed E-state index contributed by atoms with van der Waals surface area (Å²) in [7, 11) is 0. The number of quaternary nitrogens is 2. The van der Waals surface area contributed by atoms with Gasteiger partial charge in [-0.1, -0.05) is 6.07 Å². The average Bonchev–Trinajstić information content (AvgIpc) is 2.49. The molecule has 6 nitrogen and oxygen atoms in total. The maximum Gasteiger partial charge on any atom is 0.311 e. The number of hydrogen-bond acceptors (Lipinski definition) is 3. The maximum absolute atomic E-state index is 11.0. The number of nitrogens with two attached hydrogens (primary N) is 1. The second-order valence-electron chi connectivity index (χ2n) is 5.65. The summed E-state index contributed by atoms with van der Waals surface area (Å²) in [6.45, 7) is 8.49. The number of aryl methyl sites for hydroxylation is 1. The molecule has 1 saturated heterocycles. The Hall–Kier alpha value is -1.66. The van der Waals surface area contributed by atoms with Crippen molar-refractivity contribution in [3.8, 4) is 5.75 Å². The van der Waals surface area contributed by atoms with Gasteiger partial charge in [0.25, 0.3) is 0 Å². The van der Waals surface area contributed by atoms with Crippen molar-refractivity contribution >= 4 is 5.69 Å². The van der Waals surface area contributed by atoms with Crippen LogP contribution in [0.3, 0.4) is 0 Å². The van der Waals surface area contributed by atoms with Gasteiger partial charge in [0, 0.05) is 6.07 Å². The third-order valence-corrected chi connectivity index (χ3v) is 3.90. The zero-order chi connectivity index (χ0) is 15.1. The van der Waals surface area contributed by atoms with Crippen molar-refractivity contribution in [2.24, 2.45) is 0 Å². The Morgan fingerprint density at radius 2 is 2.10 bits per heavy atom. The highest BCUT2D eigenvalue weighted by molar-refractivity contribution is 5.48. The zero-order valence-electron chi connectivity index (χ0n) is 12.6. The predicted octanol–water partition coefficient (Wildman–Crippen LogP) is -0.476. The Morgan fingerprint density at radius 3 is 2.81 bits per heavy atom. The van der Waals surface area contributed by atoms with E-state index in [1.165, 1.54) is 32.7 Å². The van der Waals surface area contributed by atoms with Crippen LogP contribution in [-0.2, 0) is 0 Å². The van der Waals surface area contributed by atoms with E-state index < -0.39 is 0 Å². The van der Waals surface area contributed by atoms with E-state index in [9.17, 15) is 10.1 Å². The Labute approximate surface area is 125 Å². The first-order valence-electron chi connectivity index (χ1n) is 7.70. The zero-order valence-corrected chi connectivity index (χ0v) is 12.6. The maximum atomic E-state index is 11.0. The van der Waals surface area contributed by atoms with Crippen LogP contribution in [0.1, 0.15) is 18.4 Å². The minimum Gasteiger partial charge on any atom is -0.487 e. The van der Waals surface area contributed by atoms with Gasteiger partial charge in [-0.25, -0.2) is 0 Å². The van der Waals surface area contributed by atoms with Gasteiger partial charge in [0.2, 0.25) is 0 Å². The van der Waals surface area contributed by atoms with Crippen LogP contribution in [0.15, 0.2) is 18.2 Å². The SMILES string of the molecule is Cc1ccc(OCCCC[NH+]2CC[NH2+]CC2)c([N+](=O)[O-])c1. The van der Waals surface area contributed by atoms with Crippen LogP contribution in [-0.4, -0.2) is 44.3 Å². The number of piperazine rings is 1. The second kappa shape index (κ2) is 7.95. The lowest BCUT2D eigenvalue weighted by Crippen LogP contribution is -3.20. The van der Waals surface area contributed by atoms with Crippen molar-refractivity contribution in [3.05, 3.63) is 33.9 Å². The van der Waals surface area contributed by atoms with Crippen LogP contribution in [0, 0.1) is 17.0 Å². The summed E-state index contributed by atoms with van der Waals surface area (Å²) >= 11 is 0. The molecule has 0 aromatic heterocycles. The number of nitro groups is 1. The fourth-order valence-corrected chi connectivity index (χ4v) is 2.68. The minimum atomic E-state index is -0.378. The molecule has 0 spiro atoms. The number of benzene rings is 1. The summed E-state index contributed by atoms with van der Waals surface area (Å²) in [4.78, 5) is 12.3.